The minimum Gasteiger partial charge on any atom is -0.383 e. The van der Waals surface area contributed by atoms with Crippen molar-refractivity contribution in [1.82, 2.24) is 10.6 Å². The van der Waals surface area contributed by atoms with Crippen LogP contribution >= 0.6 is 0 Å². The van der Waals surface area contributed by atoms with Gasteiger partial charge in [-0.05, 0) is 0 Å². The first-order valence-corrected chi connectivity index (χ1v) is 4.09. The molecule has 0 saturated heterocycles. The molecular formula is C8H21N3O3. The molecule has 0 fully saturated rings. The zero-order valence-electron chi connectivity index (χ0n) is 7.84. The first kappa shape index (κ1) is 15.8. The van der Waals surface area contributed by atoms with E-state index in [0.29, 0.717) is 26.3 Å². The van der Waals surface area contributed by atoms with Gasteiger partial charge in [-0.3, -0.25) is 4.79 Å². The monoisotopic (exact) mass is 207 g/mol. The number of amides is 1. The summed E-state index contributed by atoms with van der Waals surface area (Å²) in [7, 11) is 1.59. The summed E-state index contributed by atoms with van der Waals surface area (Å²) in [5, 5.41) is 5.52. The van der Waals surface area contributed by atoms with Crippen LogP contribution in [0.5, 0.6) is 0 Å². The van der Waals surface area contributed by atoms with E-state index in [2.05, 4.69) is 15.5 Å². The summed E-state index contributed by atoms with van der Waals surface area (Å²) in [6, 6.07) is 0. The maximum Gasteiger partial charge on any atom is 0.234 e. The largest absolute Gasteiger partial charge is 0.383 e. The highest BCUT2D eigenvalue weighted by Crippen LogP contribution is 1.67. The van der Waals surface area contributed by atoms with Gasteiger partial charge in [0.2, 0.25) is 5.91 Å². The first-order valence-electron chi connectivity index (χ1n) is 4.09. The van der Waals surface area contributed by atoms with E-state index in [0.717, 1.165) is 0 Å². The molecule has 0 rings (SSSR count). The standard InChI is InChI=1S/C7H17N3O3.CH4/c1-12-4-3-10-7(11)6-9-2-5-13-8;/h9H,2-6,8H2,1H3,(H,10,11);1H4. The molecule has 0 atom stereocenters. The van der Waals surface area contributed by atoms with Crippen LogP contribution in [0, 0.1) is 0 Å². The van der Waals surface area contributed by atoms with Crippen molar-refractivity contribution in [2.75, 3.05) is 40.0 Å². The Hall–Kier alpha value is -0.690. The molecule has 0 aromatic rings. The van der Waals surface area contributed by atoms with Gasteiger partial charge in [-0.1, -0.05) is 7.43 Å². The van der Waals surface area contributed by atoms with Gasteiger partial charge in [0.1, 0.15) is 0 Å². The van der Waals surface area contributed by atoms with E-state index in [1.54, 1.807) is 7.11 Å². The van der Waals surface area contributed by atoms with Crippen molar-refractivity contribution in [1.29, 1.82) is 0 Å². The quantitative estimate of drug-likeness (QED) is 0.346. The van der Waals surface area contributed by atoms with E-state index >= 15 is 0 Å². The number of nitrogens with two attached hydrogens (primary N) is 1. The molecule has 0 bridgehead atoms. The van der Waals surface area contributed by atoms with Crippen LogP contribution in [-0.4, -0.2) is 45.9 Å². The number of ether oxygens (including phenoxy) is 1. The molecule has 0 aliphatic rings. The maximum atomic E-state index is 11.0. The highest BCUT2D eigenvalue weighted by molar-refractivity contribution is 5.77. The van der Waals surface area contributed by atoms with Crippen molar-refractivity contribution in [2.24, 2.45) is 5.90 Å². The van der Waals surface area contributed by atoms with Crippen LogP contribution in [0.25, 0.3) is 0 Å². The average molecular weight is 207 g/mol. The minimum absolute atomic E-state index is 0. The number of hydrogen-bond donors (Lipinski definition) is 3. The van der Waals surface area contributed by atoms with Crippen molar-refractivity contribution in [3.8, 4) is 0 Å². The lowest BCUT2D eigenvalue weighted by Gasteiger charge is -2.05. The fourth-order valence-electron chi connectivity index (χ4n) is 0.688. The van der Waals surface area contributed by atoms with Gasteiger partial charge in [0.15, 0.2) is 0 Å². The van der Waals surface area contributed by atoms with Crippen LogP contribution in [0.3, 0.4) is 0 Å². The zero-order valence-corrected chi connectivity index (χ0v) is 7.84. The molecule has 14 heavy (non-hydrogen) atoms. The van der Waals surface area contributed by atoms with Crippen molar-refractivity contribution in [3.05, 3.63) is 0 Å². The molecule has 0 aliphatic carbocycles. The van der Waals surface area contributed by atoms with Crippen LogP contribution in [0.2, 0.25) is 0 Å². The highest BCUT2D eigenvalue weighted by Gasteiger charge is 1.97. The lowest BCUT2D eigenvalue weighted by molar-refractivity contribution is -0.120. The van der Waals surface area contributed by atoms with E-state index < -0.39 is 0 Å². The summed E-state index contributed by atoms with van der Waals surface area (Å²) in [4.78, 5) is 15.3. The third-order valence-electron chi connectivity index (χ3n) is 1.31. The van der Waals surface area contributed by atoms with E-state index in [1.807, 2.05) is 0 Å². The lowest BCUT2D eigenvalue weighted by atomic mass is 10.5. The zero-order chi connectivity index (χ0) is 9.94. The molecule has 4 N–H and O–H groups in total. The van der Waals surface area contributed by atoms with E-state index in [9.17, 15) is 4.79 Å². The van der Waals surface area contributed by atoms with Crippen LogP contribution in [-0.2, 0) is 14.4 Å². The summed E-state index contributed by atoms with van der Waals surface area (Å²) in [6.45, 7) is 2.29. The topological polar surface area (TPSA) is 85.6 Å². The number of rotatable bonds is 8. The van der Waals surface area contributed by atoms with E-state index in [4.69, 9.17) is 10.6 Å². The normalized spacial score (nSPS) is 9.29. The average Bonchev–Trinajstić information content (AvgIpc) is 2.13. The number of methoxy groups -OCH3 is 1. The number of hydrogen-bond acceptors (Lipinski definition) is 5. The van der Waals surface area contributed by atoms with Crippen molar-refractivity contribution < 1.29 is 14.4 Å². The minimum atomic E-state index is -0.0610. The molecule has 6 nitrogen and oxygen atoms in total. The summed E-state index contributed by atoms with van der Waals surface area (Å²) < 4.78 is 4.76. The van der Waals surface area contributed by atoms with Gasteiger partial charge < -0.3 is 20.2 Å². The molecule has 0 aromatic heterocycles. The van der Waals surface area contributed by atoms with Gasteiger partial charge in [0.05, 0.1) is 19.8 Å². The Morgan fingerprint density at radius 2 is 2.07 bits per heavy atom. The summed E-state index contributed by atoms with van der Waals surface area (Å²) in [5.74, 6) is 4.73. The fraction of sp³-hybridized carbons (Fsp3) is 0.875. The van der Waals surface area contributed by atoms with Gasteiger partial charge in [0, 0.05) is 20.2 Å². The van der Waals surface area contributed by atoms with Crippen LogP contribution in [0.1, 0.15) is 7.43 Å². The number of nitrogens with one attached hydrogen (secondary N) is 2. The second-order valence-electron chi connectivity index (χ2n) is 2.39. The van der Waals surface area contributed by atoms with Crippen molar-refractivity contribution >= 4 is 5.91 Å². The maximum absolute atomic E-state index is 11.0. The Morgan fingerprint density at radius 3 is 2.64 bits per heavy atom. The van der Waals surface area contributed by atoms with Gasteiger partial charge >= 0.3 is 0 Å². The fourth-order valence-corrected chi connectivity index (χ4v) is 0.688. The Bertz CT molecular complexity index is 133. The highest BCUT2D eigenvalue weighted by atomic mass is 16.6. The number of carbonyl (C=O) groups excluding carboxylic acids is 1. The van der Waals surface area contributed by atoms with Gasteiger partial charge in [0.25, 0.3) is 0 Å². The van der Waals surface area contributed by atoms with Crippen molar-refractivity contribution in [3.63, 3.8) is 0 Å². The van der Waals surface area contributed by atoms with Crippen LogP contribution < -0.4 is 16.5 Å². The van der Waals surface area contributed by atoms with Gasteiger partial charge in [-0.15, -0.1) is 0 Å². The molecule has 0 heterocycles. The molecule has 0 saturated carbocycles. The van der Waals surface area contributed by atoms with E-state index in [1.165, 1.54) is 0 Å². The van der Waals surface area contributed by atoms with Crippen LogP contribution in [0.4, 0.5) is 0 Å². The second kappa shape index (κ2) is 12.3. The molecule has 0 unspecified atom stereocenters. The Balaban J connectivity index is 0. The number of carbonyl (C=O) groups is 1. The molecular weight excluding hydrogens is 186 g/mol. The summed E-state index contributed by atoms with van der Waals surface area (Å²) in [6.07, 6.45) is 0. The molecule has 1 amide bonds. The van der Waals surface area contributed by atoms with Crippen LogP contribution in [0.15, 0.2) is 0 Å². The third kappa shape index (κ3) is 11.3. The summed E-state index contributed by atoms with van der Waals surface area (Å²) in [5.41, 5.74) is 0. The molecule has 86 valence electrons. The molecule has 0 spiro atoms. The smallest absolute Gasteiger partial charge is 0.234 e. The van der Waals surface area contributed by atoms with Gasteiger partial charge in [-0.25, -0.2) is 5.90 Å². The first-order chi connectivity index (χ1) is 6.31. The predicted molar refractivity (Wildman–Crippen MR) is 54.6 cm³/mol. The molecule has 0 radical (unpaired) electrons. The Morgan fingerprint density at radius 1 is 1.36 bits per heavy atom. The Kier molecular flexibility index (Phi) is 13.9. The lowest BCUT2D eigenvalue weighted by Crippen LogP contribution is -2.36. The second-order valence-corrected chi connectivity index (χ2v) is 2.39. The summed E-state index contributed by atoms with van der Waals surface area (Å²) >= 11 is 0. The molecule has 0 aromatic carbocycles. The van der Waals surface area contributed by atoms with Crippen molar-refractivity contribution in [2.45, 2.75) is 7.43 Å². The Labute approximate surface area is 85.1 Å². The van der Waals surface area contributed by atoms with E-state index in [-0.39, 0.29) is 19.9 Å². The molecule has 0 aliphatic heterocycles. The SMILES string of the molecule is C.COCCNC(=O)CNCCON. The van der Waals surface area contributed by atoms with Gasteiger partial charge in [-0.2, -0.15) is 0 Å². The molecule has 6 heteroatoms. The third-order valence-corrected chi connectivity index (χ3v) is 1.31. The predicted octanol–water partition coefficient (Wildman–Crippen LogP) is -1.13.